The third kappa shape index (κ3) is 35.6. The van der Waals surface area contributed by atoms with Crippen molar-refractivity contribution in [2.45, 2.75) is 324 Å². The first-order valence-electron chi connectivity index (χ1n) is 33.6. The number of carbonyl (C=O) groups is 6. The van der Waals surface area contributed by atoms with Crippen LogP contribution in [0.25, 0.3) is 0 Å². The Morgan fingerprint density at radius 3 is 1.41 bits per heavy atom. The van der Waals surface area contributed by atoms with Crippen LogP contribution in [0.1, 0.15) is 325 Å². The van der Waals surface area contributed by atoms with Crippen LogP contribution in [0.2, 0.25) is 0 Å². The lowest BCUT2D eigenvalue weighted by Crippen LogP contribution is -2.31. The molecule has 1 heterocycles. The maximum Gasteiger partial charge on any atom is 0.342 e. The second-order valence-corrected chi connectivity index (χ2v) is 24.2. The molecule has 2 unspecified atom stereocenters. The number of benzene rings is 1. The topological polar surface area (TPSA) is 167 Å². The first-order chi connectivity index (χ1) is 40.3. The molecule has 2 atom stereocenters. The average Bonchev–Trinajstić information content (AvgIpc) is 4.11. The van der Waals surface area contributed by atoms with E-state index < -0.39 is 18.0 Å². The minimum Gasteiger partial charge on any atom is -0.496 e. The third-order valence-electron chi connectivity index (χ3n) is 16.6. The fourth-order valence-corrected chi connectivity index (χ4v) is 11.1. The van der Waals surface area contributed by atoms with Crippen molar-refractivity contribution in [3.05, 3.63) is 33.9 Å². The summed E-state index contributed by atoms with van der Waals surface area (Å²) in [5.41, 5.74) is 3.26. The molecule has 13 heteroatoms. The highest BCUT2D eigenvalue weighted by Crippen LogP contribution is 2.43. The number of rotatable bonds is 54. The Labute approximate surface area is 504 Å². The molecular weight excluding hydrogens is 1050 g/mol. The summed E-state index contributed by atoms with van der Waals surface area (Å²) in [5.74, 6) is -1.73. The van der Waals surface area contributed by atoms with Crippen LogP contribution < -0.4 is 9.47 Å². The number of fused-ring (bicyclic) bond motifs is 1. The van der Waals surface area contributed by atoms with Gasteiger partial charge in [0.25, 0.3) is 0 Å². The fraction of sp³-hybridized carbons (Fsp3) is 0.800. The molecule has 1 aliphatic rings. The fourth-order valence-electron chi connectivity index (χ4n) is 11.1. The molecule has 83 heavy (non-hydrogen) atoms. The van der Waals surface area contributed by atoms with Crippen LogP contribution in [0.15, 0.2) is 11.6 Å². The first-order valence-corrected chi connectivity index (χ1v) is 33.6. The zero-order valence-electron chi connectivity index (χ0n) is 53.9. The molecule has 476 valence electrons. The SMILES string of the molecule is CCCCCCCCCCCCCCCC(=O)OCC(COC(=O)CCCCCCCCCCCCCCC)OC(=O)CC(C)CCCCCCCCCCC(C)C(=O)Oc1c(CC=C(C)CCC(=O)OC)c(OC)c(C)c2c1C(=O)OC2. The smallest absolute Gasteiger partial charge is 0.342 e. The second-order valence-electron chi connectivity index (χ2n) is 24.2. The van der Waals surface area contributed by atoms with Gasteiger partial charge in [0.05, 0.1) is 20.1 Å². The number of unbranched alkanes of at least 4 members (excludes halogenated alkanes) is 31. The van der Waals surface area contributed by atoms with Gasteiger partial charge in [0.15, 0.2) is 11.9 Å². The third-order valence-corrected chi connectivity index (χ3v) is 16.6. The summed E-state index contributed by atoms with van der Waals surface area (Å²) in [6.07, 6.45) is 45.0. The van der Waals surface area contributed by atoms with Gasteiger partial charge >= 0.3 is 35.8 Å². The molecule has 0 aliphatic carbocycles. The lowest BCUT2D eigenvalue weighted by Gasteiger charge is -2.20. The van der Waals surface area contributed by atoms with E-state index in [0.29, 0.717) is 49.0 Å². The highest BCUT2D eigenvalue weighted by atomic mass is 16.6. The number of allylic oxidation sites excluding steroid dienone is 2. The zero-order valence-corrected chi connectivity index (χ0v) is 53.9. The van der Waals surface area contributed by atoms with Crippen molar-refractivity contribution < 1.29 is 61.9 Å². The predicted octanol–water partition coefficient (Wildman–Crippen LogP) is 18.5. The van der Waals surface area contributed by atoms with E-state index in [-0.39, 0.29) is 79.7 Å². The number of cyclic esters (lactones) is 1. The predicted molar refractivity (Wildman–Crippen MR) is 333 cm³/mol. The molecule has 13 nitrogen and oxygen atoms in total. The molecule has 0 bridgehead atoms. The second kappa shape index (κ2) is 48.8. The monoisotopic (exact) mass is 1170 g/mol. The summed E-state index contributed by atoms with van der Waals surface area (Å²) in [5, 5.41) is 0. The van der Waals surface area contributed by atoms with Crippen molar-refractivity contribution in [2.75, 3.05) is 27.4 Å². The molecule has 0 amide bonds. The normalized spacial score (nSPS) is 12.9. The maximum absolute atomic E-state index is 13.6. The van der Waals surface area contributed by atoms with Crippen molar-refractivity contribution in [1.29, 1.82) is 0 Å². The lowest BCUT2D eigenvalue weighted by molar-refractivity contribution is -0.167. The van der Waals surface area contributed by atoms with Gasteiger partial charge in [0.2, 0.25) is 0 Å². The molecular formula is C70H118O13. The van der Waals surface area contributed by atoms with Gasteiger partial charge in [-0.25, -0.2) is 4.79 Å². The molecule has 0 saturated carbocycles. The lowest BCUT2D eigenvalue weighted by atomic mass is 9.94. The van der Waals surface area contributed by atoms with E-state index in [2.05, 4.69) is 20.8 Å². The number of ether oxygens (including phenoxy) is 7. The van der Waals surface area contributed by atoms with Crippen molar-refractivity contribution >= 4 is 35.8 Å². The van der Waals surface area contributed by atoms with E-state index in [9.17, 15) is 28.8 Å². The van der Waals surface area contributed by atoms with E-state index in [4.69, 9.17) is 33.2 Å². The van der Waals surface area contributed by atoms with Crippen molar-refractivity contribution in [3.8, 4) is 11.5 Å². The molecule has 0 spiro atoms. The van der Waals surface area contributed by atoms with Crippen LogP contribution in [-0.2, 0) is 60.7 Å². The number of hydrogen-bond donors (Lipinski definition) is 0. The van der Waals surface area contributed by atoms with Crippen LogP contribution in [0.3, 0.4) is 0 Å². The van der Waals surface area contributed by atoms with Crippen LogP contribution >= 0.6 is 0 Å². The number of carbonyl (C=O) groups excluding carboxylic acids is 6. The number of methoxy groups -OCH3 is 2. The van der Waals surface area contributed by atoms with E-state index >= 15 is 0 Å². The van der Waals surface area contributed by atoms with Crippen molar-refractivity contribution in [2.24, 2.45) is 11.8 Å². The Morgan fingerprint density at radius 2 is 0.964 bits per heavy atom. The average molecular weight is 1170 g/mol. The Kier molecular flexibility index (Phi) is 43.9. The Bertz CT molecular complexity index is 1930. The molecule has 1 aromatic carbocycles. The summed E-state index contributed by atoms with van der Waals surface area (Å²) in [6.45, 7) is 12.1. The van der Waals surface area contributed by atoms with E-state index in [0.717, 1.165) is 107 Å². The highest BCUT2D eigenvalue weighted by Gasteiger charge is 2.35. The van der Waals surface area contributed by atoms with Gasteiger partial charge in [0, 0.05) is 36.8 Å². The molecule has 0 saturated heterocycles. The summed E-state index contributed by atoms with van der Waals surface area (Å²) < 4.78 is 39.1. The molecule has 0 N–H and O–H groups in total. The molecule has 0 fully saturated rings. The Morgan fingerprint density at radius 1 is 0.530 bits per heavy atom. The summed E-state index contributed by atoms with van der Waals surface area (Å²) in [4.78, 5) is 77.1. The van der Waals surface area contributed by atoms with Gasteiger partial charge < -0.3 is 33.2 Å². The highest BCUT2D eigenvalue weighted by molar-refractivity contribution is 5.99. The number of esters is 6. The van der Waals surface area contributed by atoms with Gasteiger partial charge in [-0.15, -0.1) is 0 Å². The summed E-state index contributed by atoms with van der Waals surface area (Å²) >= 11 is 0. The summed E-state index contributed by atoms with van der Waals surface area (Å²) in [7, 11) is 2.92. The van der Waals surface area contributed by atoms with Crippen LogP contribution in [0.4, 0.5) is 0 Å². The standard InChI is InChI=1S/C70H118O13/c1-9-11-13-15-17-19-21-23-25-27-33-37-41-45-63(72)79-52-59(53-80-64(73)46-42-38-34-28-26-24-22-20-18-16-14-12-10-2)82-65(74)51-56(4)43-39-35-31-29-30-32-36-40-44-57(5)69(75)83-68-60(49-47-55(3)48-50-62(71)77-7)67(78-8)58(6)61-54-81-70(76)66(61)68/h47,56-57,59H,9-46,48-54H2,1-8H3. The van der Waals surface area contributed by atoms with Crippen LogP contribution in [-0.4, -0.2) is 69.4 Å². The summed E-state index contributed by atoms with van der Waals surface area (Å²) in [6, 6.07) is 0. The van der Waals surface area contributed by atoms with Gasteiger partial charge in [-0.3, -0.25) is 24.0 Å². The maximum atomic E-state index is 13.6. The van der Waals surface area contributed by atoms with Crippen LogP contribution in [0, 0.1) is 18.8 Å². The quantitative estimate of drug-likeness (QED) is 0.0199. The van der Waals surface area contributed by atoms with Gasteiger partial charge in [-0.1, -0.05) is 251 Å². The first kappa shape index (κ1) is 74.7. The van der Waals surface area contributed by atoms with E-state index in [1.54, 1.807) is 7.11 Å². The number of hydrogen-bond acceptors (Lipinski definition) is 13. The molecule has 1 aromatic rings. The Hall–Kier alpha value is -4.42. The molecule has 0 radical (unpaired) electrons. The van der Waals surface area contributed by atoms with Gasteiger partial charge in [0.1, 0.15) is 31.1 Å². The molecule has 1 aliphatic heterocycles. The van der Waals surface area contributed by atoms with Gasteiger partial charge in [-0.2, -0.15) is 0 Å². The Balaban J connectivity index is 1.74. The minimum atomic E-state index is -0.840. The minimum absolute atomic E-state index is 0.0874. The van der Waals surface area contributed by atoms with E-state index in [1.807, 2.05) is 26.8 Å². The van der Waals surface area contributed by atoms with Crippen molar-refractivity contribution in [1.82, 2.24) is 0 Å². The van der Waals surface area contributed by atoms with Crippen LogP contribution in [0.5, 0.6) is 11.5 Å². The molecule has 0 aromatic heterocycles. The van der Waals surface area contributed by atoms with Crippen molar-refractivity contribution in [3.63, 3.8) is 0 Å². The zero-order chi connectivity index (χ0) is 60.7. The van der Waals surface area contributed by atoms with E-state index in [1.165, 1.54) is 136 Å². The largest absolute Gasteiger partial charge is 0.496 e. The van der Waals surface area contributed by atoms with Gasteiger partial charge in [-0.05, 0) is 57.4 Å². The molecule has 2 rings (SSSR count).